The van der Waals surface area contributed by atoms with E-state index in [1.54, 1.807) is 0 Å². The average Bonchev–Trinajstić information content (AvgIpc) is 2.90. The number of ether oxygens (including phenoxy) is 1. The number of esters is 1. The summed E-state index contributed by atoms with van der Waals surface area (Å²) in [6.07, 6.45) is 0. The molecule has 2 aromatic rings. The average molecular weight is 247 g/mol. The molecule has 1 unspecified atom stereocenters. The van der Waals surface area contributed by atoms with Crippen molar-refractivity contribution in [1.82, 2.24) is 0 Å². The number of carbonyl (C=O) groups excluding carboxylic acids is 1. The molecule has 1 atom stereocenters. The van der Waals surface area contributed by atoms with Gasteiger partial charge in [-0.3, -0.25) is 0 Å². The third kappa shape index (κ3) is 3.15. The van der Waals surface area contributed by atoms with E-state index in [2.05, 4.69) is 0 Å². The highest BCUT2D eigenvalue weighted by molar-refractivity contribution is 7.10. The summed E-state index contributed by atoms with van der Waals surface area (Å²) >= 11 is 1.46. The second-order valence-corrected chi connectivity index (χ2v) is 4.57. The Kier molecular flexibility index (Phi) is 3.90. The Morgan fingerprint density at radius 3 is 2.65 bits per heavy atom. The van der Waals surface area contributed by atoms with Gasteiger partial charge in [0, 0.05) is 4.88 Å². The highest BCUT2D eigenvalue weighted by atomic mass is 32.1. The monoisotopic (exact) mass is 247 g/mol. The van der Waals surface area contributed by atoms with Crippen molar-refractivity contribution in [2.45, 2.75) is 12.6 Å². The topological polar surface area (TPSA) is 52.3 Å². The Hall–Kier alpha value is -1.65. The Morgan fingerprint density at radius 2 is 2.00 bits per heavy atom. The lowest BCUT2D eigenvalue weighted by molar-refractivity contribution is -0.146. The van der Waals surface area contributed by atoms with Crippen LogP contribution in [0.2, 0.25) is 0 Å². The molecule has 1 heterocycles. The number of hydrogen-bond acceptors (Lipinski definition) is 4. The molecule has 2 rings (SSSR count). The maximum Gasteiger partial charge on any atom is 0.328 e. The summed E-state index contributed by atoms with van der Waals surface area (Å²) in [6, 6.07) is 12.6. The van der Waals surface area contributed by atoms with Crippen LogP contribution < -0.4 is 5.73 Å². The predicted octanol–water partition coefficient (Wildman–Crippen LogP) is 2.49. The van der Waals surface area contributed by atoms with Gasteiger partial charge < -0.3 is 10.5 Å². The fraction of sp³-hybridized carbons (Fsp3) is 0.154. The first-order valence-corrected chi connectivity index (χ1v) is 6.15. The van der Waals surface area contributed by atoms with Gasteiger partial charge in [-0.05, 0) is 17.0 Å². The molecular formula is C13H13NO2S. The third-order valence-corrected chi connectivity index (χ3v) is 3.28. The van der Waals surface area contributed by atoms with Gasteiger partial charge in [0.25, 0.3) is 0 Å². The summed E-state index contributed by atoms with van der Waals surface area (Å²) in [5.74, 6) is -0.392. The van der Waals surface area contributed by atoms with E-state index in [0.717, 1.165) is 10.4 Å². The van der Waals surface area contributed by atoms with Crippen molar-refractivity contribution < 1.29 is 9.53 Å². The fourth-order valence-corrected chi connectivity index (χ4v) is 2.12. The maximum absolute atomic E-state index is 11.7. The molecule has 0 aliphatic rings. The highest BCUT2D eigenvalue weighted by Crippen LogP contribution is 2.18. The summed E-state index contributed by atoms with van der Waals surface area (Å²) < 4.78 is 5.16. The molecule has 0 amide bonds. The summed E-state index contributed by atoms with van der Waals surface area (Å²) in [5.41, 5.74) is 6.74. The SMILES string of the molecule is NC(C(=O)OCc1ccccc1)c1cccs1. The van der Waals surface area contributed by atoms with Crippen molar-refractivity contribution in [2.75, 3.05) is 0 Å². The molecule has 2 N–H and O–H groups in total. The Balaban J connectivity index is 1.90. The van der Waals surface area contributed by atoms with Crippen LogP contribution in [-0.2, 0) is 16.1 Å². The standard InChI is InChI=1S/C13H13NO2S/c14-12(11-7-4-8-17-11)13(15)16-9-10-5-2-1-3-6-10/h1-8,12H,9,14H2. The van der Waals surface area contributed by atoms with Crippen LogP contribution in [0.25, 0.3) is 0 Å². The second kappa shape index (κ2) is 5.61. The molecule has 0 spiro atoms. The van der Waals surface area contributed by atoms with E-state index in [1.165, 1.54) is 11.3 Å². The van der Waals surface area contributed by atoms with Crippen molar-refractivity contribution >= 4 is 17.3 Å². The fourth-order valence-electron chi connectivity index (χ4n) is 1.40. The molecule has 0 saturated heterocycles. The zero-order valence-electron chi connectivity index (χ0n) is 9.21. The van der Waals surface area contributed by atoms with Gasteiger partial charge in [0.05, 0.1) is 0 Å². The highest BCUT2D eigenvalue weighted by Gasteiger charge is 2.17. The van der Waals surface area contributed by atoms with Crippen LogP contribution in [0.1, 0.15) is 16.5 Å². The van der Waals surface area contributed by atoms with Crippen molar-refractivity contribution in [3.8, 4) is 0 Å². The van der Waals surface area contributed by atoms with E-state index >= 15 is 0 Å². The number of thiophene rings is 1. The molecule has 0 saturated carbocycles. The van der Waals surface area contributed by atoms with Crippen molar-refractivity contribution in [1.29, 1.82) is 0 Å². The number of benzene rings is 1. The van der Waals surface area contributed by atoms with E-state index < -0.39 is 12.0 Å². The molecule has 1 aromatic heterocycles. The molecule has 0 fully saturated rings. The molecule has 0 bridgehead atoms. The zero-order chi connectivity index (χ0) is 12.1. The molecular weight excluding hydrogens is 234 g/mol. The van der Waals surface area contributed by atoms with Crippen LogP contribution in [0.5, 0.6) is 0 Å². The van der Waals surface area contributed by atoms with Gasteiger partial charge in [0.2, 0.25) is 0 Å². The minimum absolute atomic E-state index is 0.263. The predicted molar refractivity (Wildman–Crippen MR) is 67.5 cm³/mol. The number of nitrogens with two attached hydrogens (primary N) is 1. The van der Waals surface area contributed by atoms with E-state index in [0.29, 0.717) is 0 Å². The normalized spacial score (nSPS) is 12.1. The Labute approximate surface area is 104 Å². The van der Waals surface area contributed by atoms with Gasteiger partial charge in [0.1, 0.15) is 12.6 Å². The van der Waals surface area contributed by atoms with Crippen LogP contribution in [0.3, 0.4) is 0 Å². The first kappa shape index (κ1) is 11.8. The van der Waals surface area contributed by atoms with Crippen molar-refractivity contribution in [3.05, 3.63) is 58.3 Å². The van der Waals surface area contributed by atoms with Gasteiger partial charge in [-0.15, -0.1) is 11.3 Å². The number of hydrogen-bond donors (Lipinski definition) is 1. The van der Waals surface area contributed by atoms with Gasteiger partial charge >= 0.3 is 5.97 Å². The van der Waals surface area contributed by atoms with Gasteiger partial charge in [0.15, 0.2) is 0 Å². The van der Waals surface area contributed by atoms with Crippen LogP contribution in [-0.4, -0.2) is 5.97 Å². The Morgan fingerprint density at radius 1 is 1.24 bits per heavy atom. The van der Waals surface area contributed by atoms with Gasteiger partial charge in [-0.1, -0.05) is 36.4 Å². The molecule has 0 radical (unpaired) electrons. The van der Waals surface area contributed by atoms with Crippen LogP contribution in [0, 0.1) is 0 Å². The van der Waals surface area contributed by atoms with Crippen LogP contribution >= 0.6 is 11.3 Å². The first-order chi connectivity index (χ1) is 8.27. The van der Waals surface area contributed by atoms with E-state index in [1.807, 2.05) is 47.8 Å². The molecule has 17 heavy (non-hydrogen) atoms. The zero-order valence-corrected chi connectivity index (χ0v) is 10.0. The molecule has 0 aliphatic carbocycles. The van der Waals surface area contributed by atoms with Crippen LogP contribution in [0.4, 0.5) is 0 Å². The largest absolute Gasteiger partial charge is 0.459 e. The lowest BCUT2D eigenvalue weighted by Gasteiger charge is -2.09. The third-order valence-electron chi connectivity index (χ3n) is 2.33. The molecule has 1 aromatic carbocycles. The van der Waals surface area contributed by atoms with E-state index in [-0.39, 0.29) is 6.61 Å². The Bertz CT molecular complexity index is 467. The summed E-state index contributed by atoms with van der Waals surface area (Å²) in [7, 11) is 0. The van der Waals surface area contributed by atoms with Crippen molar-refractivity contribution in [2.24, 2.45) is 5.73 Å². The lowest BCUT2D eigenvalue weighted by atomic mass is 10.2. The molecule has 0 aliphatic heterocycles. The molecule has 3 nitrogen and oxygen atoms in total. The summed E-state index contributed by atoms with van der Waals surface area (Å²) in [5, 5.41) is 1.89. The van der Waals surface area contributed by atoms with E-state index in [9.17, 15) is 4.79 Å². The minimum Gasteiger partial charge on any atom is -0.459 e. The quantitative estimate of drug-likeness (QED) is 0.844. The smallest absolute Gasteiger partial charge is 0.328 e. The molecule has 4 heteroatoms. The minimum atomic E-state index is -0.682. The first-order valence-electron chi connectivity index (χ1n) is 5.27. The summed E-state index contributed by atoms with van der Waals surface area (Å²) in [6.45, 7) is 0.263. The summed E-state index contributed by atoms with van der Waals surface area (Å²) in [4.78, 5) is 12.5. The molecule has 88 valence electrons. The van der Waals surface area contributed by atoms with Crippen molar-refractivity contribution in [3.63, 3.8) is 0 Å². The van der Waals surface area contributed by atoms with Crippen LogP contribution in [0.15, 0.2) is 47.8 Å². The number of carbonyl (C=O) groups is 1. The second-order valence-electron chi connectivity index (χ2n) is 3.59. The van der Waals surface area contributed by atoms with E-state index in [4.69, 9.17) is 10.5 Å². The maximum atomic E-state index is 11.7. The van der Waals surface area contributed by atoms with Gasteiger partial charge in [-0.2, -0.15) is 0 Å². The van der Waals surface area contributed by atoms with Gasteiger partial charge in [-0.25, -0.2) is 4.79 Å². The lowest BCUT2D eigenvalue weighted by Crippen LogP contribution is -2.22. The number of rotatable bonds is 4.